The van der Waals surface area contributed by atoms with E-state index in [9.17, 15) is 106 Å². The van der Waals surface area contributed by atoms with E-state index in [4.69, 9.17) is 25.7 Å². The molecule has 1 aromatic heterocycles. The van der Waals surface area contributed by atoms with Crippen molar-refractivity contribution in [3.63, 3.8) is 0 Å². The molecule has 1 saturated heterocycles. The second-order valence-corrected chi connectivity index (χ2v) is 28.7. The van der Waals surface area contributed by atoms with Gasteiger partial charge < -0.3 is 104 Å². The zero-order valence-corrected chi connectivity index (χ0v) is 66.9. The third kappa shape index (κ3) is 33.2. The van der Waals surface area contributed by atoms with E-state index in [1.165, 1.54) is 25.1 Å². The van der Waals surface area contributed by atoms with Gasteiger partial charge >= 0.3 is 17.9 Å². The Bertz CT molecular complexity index is 4060. The minimum Gasteiger partial charge on any atom is -0.481 e. The van der Waals surface area contributed by atoms with Crippen molar-refractivity contribution < 1.29 is 125 Å². The Morgan fingerprint density at radius 2 is 1.26 bits per heavy atom. The number of nitrogens with two attached hydrogens (primary N) is 2. The number of para-hydroxylation sites is 2. The molecule has 40 nitrogen and oxygen atoms in total. The molecule has 1 fully saturated rings. The maximum Gasteiger partial charge on any atom is 0.329 e. The largest absolute Gasteiger partial charge is 0.481 e. The molecule has 18 N–H and O–H groups in total. The molecule has 0 spiro atoms. The van der Waals surface area contributed by atoms with Crippen molar-refractivity contribution in [2.75, 3.05) is 51.3 Å². The van der Waals surface area contributed by atoms with Gasteiger partial charge in [-0.05, 0) is 76.3 Å². The molecule has 648 valence electrons. The van der Waals surface area contributed by atoms with Gasteiger partial charge in [-0.2, -0.15) is 0 Å². The summed E-state index contributed by atoms with van der Waals surface area (Å²) in [5.74, 6) is -29.0. The van der Waals surface area contributed by atoms with Crippen LogP contribution in [0.3, 0.4) is 0 Å². The Balaban J connectivity index is 1.90. The van der Waals surface area contributed by atoms with Gasteiger partial charge in [0.2, 0.25) is 65.0 Å². The first-order valence-corrected chi connectivity index (χ1v) is 38.9. The number of hydrogen-bond donors (Lipinski definition) is 16. The summed E-state index contributed by atoms with van der Waals surface area (Å²) in [6.07, 6.45) is -1.91. The van der Waals surface area contributed by atoms with Crippen molar-refractivity contribution >= 4 is 136 Å². The molecule has 2 heterocycles. The van der Waals surface area contributed by atoms with Crippen molar-refractivity contribution in [2.45, 2.75) is 205 Å². The second kappa shape index (κ2) is 51.1. The summed E-state index contributed by atoms with van der Waals surface area (Å²) in [6.45, 7) is 1.88. The summed E-state index contributed by atoms with van der Waals surface area (Å²) < 4.78 is 17.1. The number of Topliss-reactive ketones (excluding diaryl/α,β-unsaturated/α-hetero) is 4. The number of fused-ring (bicyclic) bond motifs is 1. The Hall–Kier alpha value is -12.1. The Labute approximate surface area is 680 Å². The molecule has 2 aromatic carbocycles. The molecule has 0 unspecified atom stereocenters. The Morgan fingerprint density at radius 3 is 1.90 bits per heavy atom. The van der Waals surface area contributed by atoms with Crippen LogP contribution < -0.4 is 70.0 Å². The number of anilines is 1. The number of primary amides is 1. The van der Waals surface area contributed by atoms with Crippen molar-refractivity contribution in [3.8, 4) is 0 Å². The van der Waals surface area contributed by atoms with Gasteiger partial charge in [-0.15, -0.1) is 0 Å². The number of rotatable bonds is 40. The van der Waals surface area contributed by atoms with E-state index in [1.807, 2.05) is 6.07 Å². The van der Waals surface area contributed by atoms with Gasteiger partial charge in [0.05, 0.1) is 56.5 Å². The van der Waals surface area contributed by atoms with Crippen LogP contribution in [0.4, 0.5) is 5.69 Å². The number of amides is 11. The lowest BCUT2D eigenvalue weighted by atomic mass is 9.84. The molecule has 40 heteroatoms. The summed E-state index contributed by atoms with van der Waals surface area (Å²) in [4.78, 5) is 275. The summed E-state index contributed by atoms with van der Waals surface area (Å²) >= 11 is 0. The number of aliphatic hydroxyl groups is 1. The molecule has 1 aliphatic rings. The van der Waals surface area contributed by atoms with E-state index >= 15 is 4.79 Å². The SMILES string of the molecule is CCCCCCCCCC(=O)N[C@@H](Cc1cn(C)c2ccccc12)C(=O)N[C@H](CC(N)=O)C(=O)C[C@@H](CC(=O)O)C(=O)N[C@@H]1C(=O)NCC(=O)N[C@@H](CCCN)C(=O)C[C@@H](COC=O)C(=O)N[C@H](C)C(=O)N[C@@H](COC=O)C(=O)NCC(=O)N[C@H](CO)C(=O)C[C@@H]([C@H](C)CC(=O)O)C(=O)N[C@@H](CC(=O)c2ccccc2NCC)C(=O)O[C@@H]1C. The van der Waals surface area contributed by atoms with Crippen LogP contribution in [-0.4, -0.2) is 239 Å². The fraction of sp³-hybridized carbons (Fsp3) is 0.564. The van der Waals surface area contributed by atoms with Crippen LogP contribution in [0.2, 0.25) is 0 Å². The number of aromatic nitrogens is 1. The highest BCUT2D eigenvalue weighted by atomic mass is 16.5. The zero-order chi connectivity index (χ0) is 87.7. The molecule has 13 atom stereocenters. The van der Waals surface area contributed by atoms with Crippen molar-refractivity contribution in [3.05, 3.63) is 65.9 Å². The van der Waals surface area contributed by atoms with Crippen LogP contribution in [0.1, 0.15) is 160 Å². The van der Waals surface area contributed by atoms with Crippen LogP contribution in [0.5, 0.6) is 0 Å². The van der Waals surface area contributed by atoms with Gasteiger partial charge in [-0.3, -0.25) is 91.1 Å². The fourth-order valence-corrected chi connectivity index (χ4v) is 13.0. The summed E-state index contributed by atoms with van der Waals surface area (Å²) in [5, 5.41) is 57.6. The van der Waals surface area contributed by atoms with Gasteiger partial charge in [0.1, 0.15) is 55.6 Å². The molecule has 0 bridgehead atoms. The number of esters is 1. The number of ether oxygens (including phenoxy) is 3. The highest BCUT2D eigenvalue weighted by Gasteiger charge is 2.41. The van der Waals surface area contributed by atoms with Crippen molar-refractivity contribution in [1.82, 2.24) is 57.7 Å². The van der Waals surface area contributed by atoms with Crippen LogP contribution in [0.25, 0.3) is 10.9 Å². The molecule has 11 amide bonds. The number of carbonyl (C=O) groups is 20. The number of carboxylic acids is 2. The lowest BCUT2D eigenvalue weighted by Crippen LogP contribution is -2.57. The maximum atomic E-state index is 15.0. The lowest BCUT2D eigenvalue weighted by molar-refractivity contribution is -0.156. The number of hydrogen-bond acceptors (Lipinski definition) is 26. The normalized spacial score (nSPS) is 21.0. The molecule has 118 heavy (non-hydrogen) atoms. The molecule has 0 radical (unpaired) electrons. The smallest absolute Gasteiger partial charge is 0.329 e. The number of aliphatic carboxylic acids is 2. The Kier molecular flexibility index (Phi) is 42.5. The van der Waals surface area contributed by atoms with E-state index in [1.54, 1.807) is 49.0 Å². The highest BCUT2D eigenvalue weighted by Crippen LogP contribution is 2.26. The van der Waals surface area contributed by atoms with E-state index in [0.29, 0.717) is 23.8 Å². The number of carbonyl (C=O) groups excluding carboxylic acids is 18. The highest BCUT2D eigenvalue weighted by molar-refractivity contribution is 6.05. The van der Waals surface area contributed by atoms with Gasteiger partial charge in [-0.1, -0.05) is 82.7 Å². The first-order valence-electron chi connectivity index (χ1n) is 38.9. The van der Waals surface area contributed by atoms with Gasteiger partial charge in [0, 0.05) is 92.8 Å². The van der Waals surface area contributed by atoms with Crippen LogP contribution in [0.15, 0.2) is 54.7 Å². The third-order valence-electron chi connectivity index (χ3n) is 19.4. The summed E-state index contributed by atoms with van der Waals surface area (Å²) in [7, 11) is 1.76. The Morgan fingerprint density at radius 1 is 0.653 bits per heavy atom. The van der Waals surface area contributed by atoms with E-state index in [0.717, 1.165) is 51.5 Å². The van der Waals surface area contributed by atoms with E-state index < -0.39 is 262 Å². The molecule has 1 aliphatic heterocycles. The number of ketones is 4. The molecule has 4 rings (SSSR count). The van der Waals surface area contributed by atoms with Crippen LogP contribution in [0, 0.1) is 23.7 Å². The number of aryl methyl sites for hydroxylation is 1. The lowest BCUT2D eigenvalue weighted by Gasteiger charge is -2.29. The number of carboxylic acid groups (broad SMARTS) is 2. The first-order chi connectivity index (χ1) is 56.1. The monoisotopic (exact) mass is 1660 g/mol. The van der Waals surface area contributed by atoms with Gasteiger partial charge in [0.25, 0.3) is 12.9 Å². The number of benzene rings is 2. The minimum absolute atomic E-state index is 0.00433. The van der Waals surface area contributed by atoms with Crippen LogP contribution in [-0.2, 0) is 119 Å². The average Bonchev–Trinajstić information content (AvgIpc) is 1.65. The zero-order valence-electron chi connectivity index (χ0n) is 66.9. The molecule has 0 aliphatic carbocycles. The summed E-state index contributed by atoms with van der Waals surface area (Å²) in [6, 6.07) is -1.93. The van der Waals surface area contributed by atoms with Gasteiger partial charge in [0.15, 0.2) is 23.1 Å². The predicted octanol–water partition coefficient (Wildman–Crippen LogP) is -2.09. The topological polar surface area (TPSA) is 619 Å². The molecular weight excluding hydrogens is 1550 g/mol. The number of nitrogens with one attached hydrogen (secondary N) is 11. The maximum absolute atomic E-state index is 15.0. The fourth-order valence-electron chi connectivity index (χ4n) is 13.0. The third-order valence-corrected chi connectivity index (χ3v) is 19.4. The molecular formula is C78H110N14O26. The van der Waals surface area contributed by atoms with E-state index in [-0.39, 0.29) is 63.0 Å². The number of cyclic esters (lactones) is 1. The molecule has 0 saturated carbocycles. The standard InChI is InChI=1S/C78H110N14O26/c1-7-9-10-11-12-13-14-25-65(101)86-55(28-47-37-92(6)59-24-18-16-20-49(47)59)76(113)88-54(34-64(80)100)62(98)29-46(31-69(106)107)72(109)91-70-45(5)118-78(115)56(33-60(96)50-21-15-17-22-52(50)81-8-2)89-74(111)51(43(3)27-68(104)105)32-63(99)57(38-93)87-67(103)35-82-75(112)58(40-117-42-95)90-71(108)44(4)84-73(110)48(39-116-41-94)30-61(97)53(23-19-26-79)85-66(102)36-83-77(70)114/h15-18,20-22,24,37,41-46,48,51,53-58,70,81,93H,7-14,19,23,25-36,38-40,79H2,1-6H3,(H2,80,100)(H,82,112)(H,83,114)(H,84,110)(H,85,102)(H,86,101)(H,87,103)(H,88,113)(H,89,111)(H,90,108)(H,91,109)(H,104,105)(H,106,107)/t43-,44-,45-,46+,48+,51+,53+,54-,55+,56+,57-,58+,70+/m1/s1. The minimum atomic E-state index is -2.35. The van der Waals surface area contributed by atoms with Crippen molar-refractivity contribution in [1.29, 1.82) is 0 Å². The number of aliphatic hydroxyl groups excluding tert-OH is 1. The summed E-state index contributed by atoms with van der Waals surface area (Å²) in [5.41, 5.74) is 12.9. The second-order valence-electron chi connectivity index (χ2n) is 28.7. The van der Waals surface area contributed by atoms with Gasteiger partial charge in [-0.25, -0.2) is 4.79 Å². The predicted molar refractivity (Wildman–Crippen MR) is 418 cm³/mol. The number of nitrogens with zero attached hydrogens (tertiary/aromatic N) is 1. The number of unbranched alkanes of at least 4 members (excludes halogenated alkanes) is 6. The average molecular weight is 1660 g/mol. The van der Waals surface area contributed by atoms with E-state index in [2.05, 4.69) is 65.4 Å². The quantitative estimate of drug-likeness (QED) is 0.00954. The first kappa shape index (κ1) is 98.3. The molecule has 3 aromatic rings. The van der Waals surface area contributed by atoms with Crippen LogP contribution >= 0.6 is 0 Å². The van der Waals surface area contributed by atoms with Crippen molar-refractivity contribution in [2.24, 2.45) is 42.2 Å².